The number of hydrogen-bond donors (Lipinski definition) is 0. The average Bonchev–Trinajstić information content (AvgIpc) is 2.16. The van der Waals surface area contributed by atoms with Crippen molar-refractivity contribution in [1.29, 1.82) is 0 Å². The molecular weight excluding hydrogens is 204 g/mol. The molecule has 0 aromatic heterocycles. The van der Waals surface area contributed by atoms with Gasteiger partial charge in [-0.05, 0) is 34.9 Å². The van der Waals surface area contributed by atoms with Crippen LogP contribution in [-0.2, 0) is 18.3 Å². The van der Waals surface area contributed by atoms with Gasteiger partial charge in [-0.2, -0.15) is 0 Å². The van der Waals surface area contributed by atoms with Crippen molar-refractivity contribution in [1.82, 2.24) is 0 Å². The van der Waals surface area contributed by atoms with Gasteiger partial charge in [0.2, 0.25) is 0 Å². The zero-order valence-corrected chi connectivity index (χ0v) is 11.2. The zero-order valence-electron chi connectivity index (χ0n) is 10.4. The van der Waals surface area contributed by atoms with E-state index in [0.717, 1.165) is 17.9 Å². The van der Waals surface area contributed by atoms with E-state index in [2.05, 4.69) is 46.8 Å². The van der Waals surface area contributed by atoms with E-state index in [0.29, 0.717) is 0 Å². The van der Waals surface area contributed by atoms with Gasteiger partial charge in [0.15, 0.2) is 0 Å². The van der Waals surface area contributed by atoms with E-state index in [-0.39, 0.29) is 5.41 Å². The highest BCUT2D eigenvalue weighted by Gasteiger charge is 2.16. The first kappa shape index (κ1) is 12.6. The Labute approximate surface area is 98.7 Å². The molecule has 1 aromatic carbocycles. The maximum absolute atomic E-state index is 6.33. The first-order valence-electron chi connectivity index (χ1n) is 5.72. The summed E-state index contributed by atoms with van der Waals surface area (Å²) >= 11 is 6.33. The minimum atomic E-state index is 0.207. The lowest BCUT2D eigenvalue weighted by Crippen LogP contribution is -2.12. The summed E-state index contributed by atoms with van der Waals surface area (Å²) in [7, 11) is 0. The molecule has 0 spiro atoms. The Kier molecular flexibility index (Phi) is 3.83. The summed E-state index contributed by atoms with van der Waals surface area (Å²) in [5.41, 5.74) is 4.15. The molecule has 0 bridgehead atoms. The summed E-state index contributed by atoms with van der Waals surface area (Å²) in [6.07, 6.45) is 2.02. The second-order valence-corrected chi connectivity index (χ2v) is 5.44. The normalized spacial score (nSPS) is 11.9. The average molecular weight is 225 g/mol. The fourth-order valence-corrected chi connectivity index (χ4v) is 2.07. The van der Waals surface area contributed by atoms with E-state index < -0.39 is 0 Å². The van der Waals surface area contributed by atoms with Crippen molar-refractivity contribution in [2.24, 2.45) is 0 Å². The lowest BCUT2D eigenvalue weighted by atomic mass is 9.84. The molecule has 84 valence electrons. The van der Waals surface area contributed by atoms with Crippen LogP contribution in [0.3, 0.4) is 0 Å². The molecule has 1 rings (SSSR count). The fourth-order valence-electron chi connectivity index (χ4n) is 1.70. The smallest absolute Gasteiger partial charge is 0.0469 e. The van der Waals surface area contributed by atoms with Gasteiger partial charge < -0.3 is 0 Å². The second kappa shape index (κ2) is 4.57. The van der Waals surface area contributed by atoms with Crippen molar-refractivity contribution in [3.63, 3.8) is 0 Å². The van der Waals surface area contributed by atoms with Crippen molar-refractivity contribution in [3.05, 3.63) is 33.8 Å². The van der Waals surface area contributed by atoms with Crippen molar-refractivity contribution in [2.75, 3.05) is 0 Å². The van der Waals surface area contributed by atoms with Gasteiger partial charge in [-0.1, -0.05) is 58.4 Å². The quantitative estimate of drug-likeness (QED) is 0.680. The first-order valence-corrected chi connectivity index (χ1v) is 6.09. The van der Waals surface area contributed by atoms with Gasteiger partial charge in [0.25, 0.3) is 0 Å². The predicted octanol–water partition coefficient (Wildman–Crippen LogP) is 4.76. The summed E-state index contributed by atoms with van der Waals surface area (Å²) in [6, 6.07) is 4.50. The summed E-state index contributed by atoms with van der Waals surface area (Å²) in [6.45, 7) is 11.1. The Morgan fingerprint density at radius 2 is 1.40 bits per heavy atom. The maximum atomic E-state index is 6.33. The molecule has 0 N–H and O–H groups in total. The van der Waals surface area contributed by atoms with E-state index in [4.69, 9.17) is 11.6 Å². The molecule has 0 nitrogen and oxygen atoms in total. The van der Waals surface area contributed by atoms with Crippen LogP contribution < -0.4 is 0 Å². The molecule has 1 heteroatoms. The largest absolute Gasteiger partial charge is 0.0837 e. The van der Waals surface area contributed by atoms with E-state index in [1.807, 2.05) is 0 Å². The molecule has 15 heavy (non-hydrogen) atoms. The van der Waals surface area contributed by atoms with Gasteiger partial charge in [-0.15, -0.1) is 0 Å². The maximum Gasteiger partial charge on any atom is 0.0469 e. The lowest BCUT2D eigenvalue weighted by molar-refractivity contribution is 0.588. The van der Waals surface area contributed by atoms with E-state index in [1.54, 1.807) is 0 Å². The molecular formula is C14H21Cl. The van der Waals surface area contributed by atoms with Crippen LogP contribution in [0, 0.1) is 0 Å². The molecule has 0 atom stereocenters. The Hall–Kier alpha value is -0.490. The lowest BCUT2D eigenvalue weighted by Gasteiger charge is -2.22. The standard InChI is InChI=1S/C14H21Cl/c1-6-10-8-12(14(3,4)5)9-11(7-2)13(10)15/h8-9H,6-7H2,1-5H3. The second-order valence-electron chi connectivity index (χ2n) is 5.07. The molecule has 0 amide bonds. The molecule has 0 aliphatic rings. The summed E-state index contributed by atoms with van der Waals surface area (Å²) in [5, 5.41) is 0.966. The van der Waals surface area contributed by atoms with Crippen molar-refractivity contribution < 1.29 is 0 Å². The number of hydrogen-bond acceptors (Lipinski definition) is 0. The fraction of sp³-hybridized carbons (Fsp3) is 0.571. The molecule has 0 saturated heterocycles. The van der Waals surface area contributed by atoms with E-state index in [1.165, 1.54) is 16.7 Å². The highest BCUT2D eigenvalue weighted by Crippen LogP contribution is 2.30. The Morgan fingerprint density at radius 3 is 1.67 bits per heavy atom. The molecule has 0 aliphatic carbocycles. The summed E-state index contributed by atoms with van der Waals surface area (Å²) in [5.74, 6) is 0. The number of rotatable bonds is 2. The molecule has 1 aromatic rings. The number of aryl methyl sites for hydroxylation is 2. The highest BCUT2D eigenvalue weighted by molar-refractivity contribution is 6.32. The SMILES string of the molecule is CCc1cc(C(C)(C)C)cc(CC)c1Cl. The highest BCUT2D eigenvalue weighted by atomic mass is 35.5. The van der Waals surface area contributed by atoms with Crippen LogP contribution >= 0.6 is 11.6 Å². The Bertz CT molecular complexity index is 320. The van der Waals surface area contributed by atoms with Crippen LogP contribution in [0.4, 0.5) is 0 Å². The predicted molar refractivity (Wildman–Crippen MR) is 68.9 cm³/mol. The first-order chi connectivity index (χ1) is 6.90. The Balaban J connectivity index is 3.33. The molecule has 0 saturated carbocycles. The van der Waals surface area contributed by atoms with Gasteiger partial charge in [-0.25, -0.2) is 0 Å². The number of benzene rings is 1. The van der Waals surface area contributed by atoms with Crippen molar-refractivity contribution >= 4 is 11.6 Å². The summed E-state index contributed by atoms with van der Waals surface area (Å²) in [4.78, 5) is 0. The topological polar surface area (TPSA) is 0 Å². The third-order valence-electron chi connectivity index (χ3n) is 2.85. The van der Waals surface area contributed by atoms with Gasteiger partial charge >= 0.3 is 0 Å². The van der Waals surface area contributed by atoms with E-state index >= 15 is 0 Å². The van der Waals surface area contributed by atoms with Crippen LogP contribution in [0.1, 0.15) is 51.3 Å². The molecule has 0 heterocycles. The number of halogens is 1. The monoisotopic (exact) mass is 224 g/mol. The van der Waals surface area contributed by atoms with Crippen LogP contribution in [0.2, 0.25) is 5.02 Å². The van der Waals surface area contributed by atoms with Crippen molar-refractivity contribution in [2.45, 2.75) is 52.9 Å². The van der Waals surface area contributed by atoms with Crippen LogP contribution in [0.5, 0.6) is 0 Å². The minimum absolute atomic E-state index is 0.207. The molecule has 0 radical (unpaired) electrons. The molecule has 0 fully saturated rings. The van der Waals surface area contributed by atoms with Gasteiger partial charge in [0, 0.05) is 5.02 Å². The Morgan fingerprint density at radius 1 is 1.00 bits per heavy atom. The van der Waals surface area contributed by atoms with Gasteiger partial charge in [0.1, 0.15) is 0 Å². The van der Waals surface area contributed by atoms with Crippen LogP contribution in [0.25, 0.3) is 0 Å². The van der Waals surface area contributed by atoms with Crippen LogP contribution in [0.15, 0.2) is 12.1 Å². The minimum Gasteiger partial charge on any atom is -0.0837 e. The third-order valence-corrected chi connectivity index (χ3v) is 3.34. The van der Waals surface area contributed by atoms with E-state index in [9.17, 15) is 0 Å². The zero-order chi connectivity index (χ0) is 11.6. The molecule has 0 unspecified atom stereocenters. The van der Waals surface area contributed by atoms with Gasteiger partial charge in [-0.3, -0.25) is 0 Å². The molecule has 0 aliphatic heterocycles. The third kappa shape index (κ3) is 2.75. The van der Waals surface area contributed by atoms with Crippen molar-refractivity contribution in [3.8, 4) is 0 Å². The van der Waals surface area contributed by atoms with Gasteiger partial charge in [0.05, 0.1) is 0 Å². The van der Waals surface area contributed by atoms with Crippen LogP contribution in [-0.4, -0.2) is 0 Å². The summed E-state index contributed by atoms with van der Waals surface area (Å²) < 4.78 is 0.